The fourth-order valence-corrected chi connectivity index (χ4v) is 2.11. The van der Waals surface area contributed by atoms with Crippen molar-refractivity contribution in [3.63, 3.8) is 0 Å². The summed E-state index contributed by atoms with van der Waals surface area (Å²) in [5.41, 5.74) is 1.22. The molecule has 0 unspecified atom stereocenters. The monoisotopic (exact) mass is 343 g/mol. The number of hydrogen-bond donors (Lipinski definition) is 2. The van der Waals surface area contributed by atoms with Crippen molar-refractivity contribution >= 4 is 17.5 Å². The van der Waals surface area contributed by atoms with Crippen LogP contribution in [0.25, 0.3) is 0 Å². The van der Waals surface area contributed by atoms with Gasteiger partial charge in [-0.1, -0.05) is 6.07 Å². The fourth-order valence-electron chi connectivity index (χ4n) is 2.11. The van der Waals surface area contributed by atoms with Gasteiger partial charge in [-0.3, -0.25) is 14.6 Å². The number of amides is 2. The van der Waals surface area contributed by atoms with Gasteiger partial charge in [0, 0.05) is 44.4 Å². The smallest absolute Gasteiger partial charge is 0.257 e. The molecule has 0 bridgehead atoms. The molecule has 132 valence electrons. The van der Waals surface area contributed by atoms with E-state index in [-0.39, 0.29) is 11.8 Å². The third-order valence-electron chi connectivity index (χ3n) is 3.40. The second-order valence-corrected chi connectivity index (χ2v) is 5.25. The Morgan fingerprint density at radius 3 is 2.56 bits per heavy atom. The predicted octanol–water partition coefficient (Wildman–Crippen LogP) is 2.11. The van der Waals surface area contributed by atoms with Crippen molar-refractivity contribution in [2.45, 2.75) is 6.42 Å². The molecule has 0 aliphatic rings. The average molecular weight is 343 g/mol. The summed E-state index contributed by atoms with van der Waals surface area (Å²) < 4.78 is 10.0. The third kappa shape index (κ3) is 5.58. The predicted molar refractivity (Wildman–Crippen MR) is 94.0 cm³/mol. The van der Waals surface area contributed by atoms with Crippen LogP contribution in [-0.2, 0) is 4.74 Å². The SMILES string of the molecule is COCCCNC(=O)c1cncc(C(=O)Nc2cccc(OC)c2)c1. The first-order chi connectivity index (χ1) is 12.1. The van der Waals surface area contributed by atoms with E-state index in [4.69, 9.17) is 9.47 Å². The van der Waals surface area contributed by atoms with Crippen LogP contribution in [0, 0.1) is 0 Å². The second-order valence-electron chi connectivity index (χ2n) is 5.25. The van der Waals surface area contributed by atoms with E-state index in [1.54, 1.807) is 38.5 Å². The van der Waals surface area contributed by atoms with Gasteiger partial charge in [0.2, 0.25) is 0 Å². The van der Waals surface area contributed by atoms with Gasteiger partial charge >= 0.3 is 0 Å². The van der Waals surface area contributed by atoms with Gasteiger partial charge in [0.05, 0.1) is 18.2 Å². The molecule has 2 N–H and O–H groups in total. The maximum Gasteiger partial charge on any atom is 0.257 e. The summed E-state index contributed by atoms with van der Waals surface area (Å²) in [6.45, 7) is 1.06. The lowest BCUT2D eigenvalue weighted by molar-refractivity contribution is 0.0948. The number of hydrogen-bond acceptors (Lipinski definition) is 5. The molecule has 0 radical (unpaired) electrons. The largest absolute Gasteiger partial charge is 0.497 e. The first kappa shape index (κ1) is 18.4. The Morgan fingerprint density at radius 1 is 1.08 bits per heavy atom. The first-order valence-corrected chi connectivity index (χ1v) is 7.81. The van der Waals surface area contributed by atoms with Crippen molar-refractivity contribution in [1.29, 1.82) is 0 Å². The zero-order valence-electron chi connectivity index (χ0n) is 14.2. The van der Waals surface area contributed by atoms with E-state index in [9.17, 15) is 9.59 Å². The van der Waals surface area contributed by atoms with Gasteiger partial charge < -0.3 is 20.1 Å². The minimum atomic E-state index is -0.352. The van der Waals surface area contributed by atoms with E-state index >= 15 is 0 Å². The highest BCUT2D eigenvalue weighted by Gasteiger charge is 2.11. The molecule has 2 amide bonds. The zero-order valence-corrected chi connectivity index (χ0v) is 14.2. The van der Waals surface area contributed by atoms with Crippen LogP contribution in [-0.4, -0.2) is 44.2 Å². The lowest BCUT2D eigenvalue weighted by atomic mass is 10.1. The molecule has 1 heterocycles. The molecule has 7 nitrogen and oxygen atoms in total. The summed E-state index contributed by atoms with van der Waals surface area (Å²) in [7, 11) is 3.16. The number of ether oxygens (including phenoxy) is 2. The number of nitrogens with zero attached hydrogens (tertiary/aromatic N) is 1. The van der Waals surface area contributed by atoms with E-state index < -0.39 is 0 Å². The summed E-state index contributed by atoms with van der Waals surface area (Å²) in [6, 6.07) is 8.52. The summed E-state index contributed by atoms with van der Waals surface area (Å²) in [4.78, 5) is 28.4. The van der Waals surface area contributed by atoms with Gasteiger partial charge in [0.25, 0.3) is 11.8 Å². The molecular weight excluding hydrogens is 322 g/mol. The molecule has 0 saturated carbocycles. The van der Waals surface area contributed by atoms with E-state index in [0.717, 1.165) is 0 Å². The van der Waals surface area contributed by atoms with Crippen molar-refractivity contribution in [3.05, 3.63) is 53.9 Å². The van der Waals surface area contributed by atoms with E-state index in [1.165, 1.54) is 18.5 Å². The van der Waals surface area contributed by atoms with Crippen LogP contribution < -0.4 is 15.4 Å². The minimum Gasteiger partial charge on any atom is -0.497 e. The maximum atomic E-state index is 12.3. The number of benzene rings is 1. The van der Waals surface area contributed by atoms with E-state index in [0.29, 0.717) is 42.1 Å². The molecule has 25 heavy (non-hydrogen) atoms. The number of rotatable bonds is 8. The van der Waals surface area contributed by atoms with E-state index in [1.807, 2.05) is 0 Å². The molecule has 0 aliphatic heterocycles. The van der Waals surface area contributed by atoms with Crippen LogP contribution in [0.5, 0.6) is 5.75 Å². The Balaban J connectivity index is 2.01. The molecule has 2 rings (SSSR count). The number of carbonyl (C=O) groups excluding carboxylic acids is 2. The van der Waals surface area contributed by atoms with Gasteiger partial charge in [0.15, 0.2) is 0 Å². The van der Waals surface area contributed by atoms with Gasteiger partial charge in [-0.2, -0.15) is 0 Å². The third-order valence-corrected chi connectivity index (χ3v) is 3.40. The lowest BCUT2D eigenvalue weighted by Gasteiger charge is -2.08. The highest BCUT2D eigenvalue weighted by Crippen LogP contribution is 2.17. The Bertz CT molecular complexity index is 734. The number of nitrogens with one attached hydrogen (secondary N) is 2. The molecule has 0 spiro atoms. The molecule has 0 aliphatic carbocycles. The van der Waals surface area contributed by atoms with Crippen molar-refractivity contribution in [2.75, 3.05) is 32.7 Å². The normalized spacial score (nSPS) is 10.2. The molecule has 2 aromatic rings. The number of methoxy groups -OCH3 is 2. The number of anilines is 1. The number of pyridine rings is 1. The number of aromatic nitrogens is 1. The summed E-state index contributed by atoms with van der Waals surface area (Å²) >= 11 is 0. The van der Waals surface area contributed by atoms with Crippen LogP contribution >= 0.6 is 0 Å². The quantitative estimate of drug-likeness (QED) is 0.717. The summed E-state index contributed by atoms with van der Waals surface area (Å²) in [6.07, 6.45) is 3.55. The fraction of sp³-hybridized carbons (Fsp3) is 0.278. The topological polar surface area (TPSA) is 89.5 Å². The highest BCUT2D eigenvalue weighted by molar-refractivity contribution is 6.05. The number of carbonyl (C=O) groups is 2. The van der Waals surface area contributed by atoms with Crippen LogP contribution in [0.2, 0.25) is 0 Å². The molecule has 1 aromatic heterocycles. The maximum absolute atomic E-state index is 12.3. The highest BCUT2D eigenvalue weighted by atomic mass is 16.5. The summed E-state index contributed by atoms with van der Waals surface area (Å²) in [5.74, 6) is 0.00883. The second kappa shape index (κ2) is 9.39. The van der Waals surface area contributed by atoms with Crippen LogP contribution in [0.1, 0.15) is 27.1 Å². The average Bonchev–Trinajstić information content (AvgIpc) is 2.65. The van der Waals surface area contributed by atoms with Crippen LogP contribution in [0.4, 0.5) is 5.69 Å². The van der Waals surface area contributed by atoms with Crippen molar-refractivity contribution in [1.82, 2.24) is 10.3 Å². The zero-order chi connectivity index (χ0) is 18.1. The van der Waals surface area contributed by atoms with Crippen molar-refractivity contribution in [2.24, 2.45) is 0 Å². The van der Waals surface area contributed by atoms with Crippen LogP contribution in [0.15, 0.2) is 42.7 Å². The molecule has 1 aromatic carbocycles. The molecule has 0 atom stereocenters. The van der Waals surface area contributed by atoms with Gasteiger partial charge in [-0.15, -0.1) is 0 Å². The Kier molecular flexibility index (Phi) is 6.91. The minimum absolute atomic E-state index is 0.278. The molecule has 0 fully saturated rings. The van der Waals surface area contributed by atoms with Gasteiger partial charge in [-0.05, 0) is 24.6 Å². The summed E-state index contributed by atoms with van der Waals surface area (Å²) in [5, 5.41) is 5.51. The van der Waals surface area contributed by atoms with Gasteiger partial charge in [-0.25, -0.2) is 0 Å². The molecule has 0 saturated heterocycles. The standard InChI is InChI=1S/C18H21N3O4/c1-24-8-4-7-20-17(22)13-9-14(12-19-11-13)18(23)21-15-5-3-6-16(10-15)25-2/h3,5-6,9-12H,4,7-8H2,1-2H3,(H,20,22)(H,21,23). The molecular formula is C18H21N3O4. The Morgan fingerprint density at radius 2 is 1.84 bits per heavy atom. The first-order valence-electron chi connectivity index (χ1n) is 7.81. The van der Waals surface area contributed by atoms with E-state index in [2.05, 4.69) is 15.6 Å². The van der Waals surface area contributed by atoms with Gasteiger partial charge in [0.1, 0.15) is 5.75 Å². The lowest BCUT2D eigenvalue weighted by Crippen LogP contribution is -2.25. The molecule has 7 heteroatoms. The van der Waals surface area contributed by atoms with Crippen LogP contribution in [0.3, 0.4) is 0 Å². The Labute approximate surface area is 146 Å². The van der Waals surface area contributed by atoms with Crippen molar-refractivity contribution in [3.8, 4) is 5.75 Å². The Hall–Kier alpha value is -2.93. The van der Waals surface area contributed by atoms with Crippen molar-refractivity contribution < 1.29 is 19.1 Å².